The number of para-hydroxylation sites is 1. The molecule has 0 aliphatic heterocycles. The Morgan fingerprint density at radius 3 is 2.70 bits per heavy atom. The van der Waals surface area contributed by atoms with E-state index < -0.39 is 0 Å². The maximum atomic E-state index is 12.2. The maximum absolute atomic E-state index is 12.2. The van der Waals surface area contributed by atoms with Crippen LogP contribution in [0, 0.1) is 0 Å². The molecule has 7 heteroatoms. The molecule has 2 heterocycles. The zero-order valence-electron chi connectivity index (χ0n) is 14.3. The van der Waals surface area contributed by atoms with Crippen LogP contribution in [-0.2, 0) is 11.3 Å². The molecule has 1 N–H and O–H groups in total. The molecule has 5 nitrogen and oxygen atoms in total. The molecule has 4 aromatic rings. The average Bonchev–Trinajstić information content (AvgIpc) is 3.15. The number of amides is 1. The number of aromatic nitrogens is 3. The maximum Gasteiger partial charge on any atom is 0.230 e. The summed E-state index contributed by atoms with van der Waals surface area (Å²) in [5.74, 6) is 0.287. The van der Waals surface area contributed by atoms with Crippen molar-refractivity contribution in [2.45, 2.75) is 10.9 Å². The van der Waals surface area contributed by atoms with Gasteiger partial charge in [-0.2, -0.15) is 0 Å². The third-order valence-corrected chi connectivity index (χ3v) is 6.04. The number of hydrogen-bond acceptors (Lipinski definition) is 6. The van der Waals surface area contributed by atoms with E-state index in [1.54, 1.807) is 11.3 Å². The number of hydrogen-bond donors (Lipinski definition) is 1. The first-order chi connectivity index (χ1) is 13.3. The van der Waals surface area contributed by atoms with Crippen LogP contribution in [0.2, 0.25) is 0 Å². The van der Waals surface area contributed by atoms with Crippen molar-refractivity contribution in [3.05, 3.63) is 72.7 Å². The standard InChI is InChI=1S/C20H16N4OS2/c25-19(12-26-20-24-16-8-4-5-9-18(16)27-20)21-11-15-10-17(23-13-22-15)14-6-2-1-3-7-14/h1-10,13H,11-12H2,(H,21,25). The van der Waals surface area contributed by atoms with Crippen LogP contribution >= 0.6 is 23.1 Å². The minimum Gasteiger partial charge on any atom is -0.350 e. The van der Waals surface area contributed by atoms with Crippen molar-refractivity contribution < 1.29 is 4.79 Å². The average molecular weight is 393 g/mol. The van der Waals surface area contributed by atoms with Crippen molar-refractivity contribution in [3.8, 4) is 11.3 Å². The van der Waals surface area contributed by atoms with Crippen molar-refractivity contribution in [2.24, 2.45) is 0 Å². The van der Waals surface area contributed by atoms with Gasteiger partial charge in [0.2, 0.25) is 5.91 Å². The molecule has 0 aliphatic carbocycles. The molecule has 2 aromatic carbocycles. The second-order valence-electron chi connectivity index (χ2n) is 5.77. The molecular formula is C20H16N4OS2. The van der Waals surface area contributed by atoms with Crippen molar-refractivity contribution in [3.63, 3.8) is 0 Å². The smallest absolute Gasteiger partial charge is 0.230 e. The number of fused-ring (bicyclic) bond motifs is 1. The number of benzene rings is 2. The molecule has 1 amide bonds. The summed E-state index contributed by atoms with van der Waals surface area (Å²) in [6, 6.07) is 19.8. The Hall–Kier alpha value is -2.77. The van der Waals surface area contributed by atoms with Crippen molar-refractivity contribution in [1.29, 1.82) is 0 Å². The normalized spacial score (nSPS) is 10.8. The fourth-order valence-corrected chi connectivity index (χ4v) is 4.44. The minimum atomic E-state index is -0.0425. The lowest BCUT2D eigenvalue weighted by Crippen LogP contribution is -2.25. The first-order valence-electron chi connectivity index (χ1n) is 8.39. The monoisotopic (exact) mass is 392 g/mol. The summed E-state index contributed by atoms with van der Waals surface area (Å²) in [5, 5.41) is 2.91. The summed E-state index contributed by atoms with van der Waals surface area (Å²) < 4.78 is 2.04. The molecule has 0 atom stereocenters. The van der Waals surface area contributed by atoms with Crippen LogP contribution in [0.1, 0.15) is 5.69 Å². The Kier molecular flexibility index (Phi) is 5.41. The molecule has 27 heavy (non-hydrogen) atoms. The van der Waals surface area contributed by atoms with Gasteiger partial charge in [-0.3, -0.25) is 4.79 Å². The Balaban J connectivity index is 1.32. The van der Waals surface area contributed by atoms with Gasteiger partial charge in [-0.25, -0.2) is 15.0 Å². The molecule has 134 valence electrons. The highest BCUT2D eigenvalue weighted by Gasteiger charge is 2.08. The van der Waals surface area contributed by atoms with Gasteiger partial charge in [0.05, 0.1) is 33.9 Å². The van der Waals surface area contributed by atoms with Crippen LogP contribution in [0.15, 0.2) is 71.3 Å². The van der Waals surface area contributed by atoms with Gasteiger partial charge in [0.1, 0.15) is 6.33 Å². The highest BCUT2D eigenvalue weighted by Crippen LogP contribution is 2.29. The highest BCUT2D eigenvalue weighted by atomic mass is 32.2. The van der Waals surface area contributed by atoms with E-state index in [0.29, 0.717) is 12.3 Å². The fourth-order valence-electron chi connectivity index (χ4n) is 2.54. The van der Waals surface area contributed by atoms with Gasteiger partial charge in [0.25, 0.3) is 0 Å². The summed E-state index contributed by atoms with van der Waals surface area (Å²) in [6.07, 6.45) is 1.53. The predicted octanol–water partition coefficient (Wildman–Crippen LogP) is 4.16. The highest BCUT2D eigenvalue weighted by molar-refractivity contribution is 8.01. The number of carbonyl (C=O) groups excluding carboxylic acids is 1. The van der Waals surface area contributed by atoms with Crippen LogP contribution in [0.25, 0.3) is 21.5 Å². The molecular weight excluding hydrogens is 376 g/mol. The van der Waals surface area contributed by atoms with Crippen molar-refractivity contribution in [1.82, 2.24) is 20.3 Å². The van der Waals surface area contributed by atoms with Crippen LogP contribution in [0.5, 0.6) is 0 Å². The molecule has 0 spiro atoms. The van der Waals surface area contributed by atoms with Gasteiger partial charge < -0.3 is 5.32 Å². The number of rotatable bonds is 6. The van der Waals surface area contributed by atoms with Gasteiger partial charge in [0.15, 0.2) is 4.34 Å². The molecule has 0 saturated heterocycles. The SMILES string of the molecule is O=C(CSc1nc2ccccc2s1)NCc1cc(-c2ccccc2)ncn1. The molecule has 0 saturated carbocycles. The molecule has 2 aromatic heterocycles. The van der Waals surface area contributed by atoms with Crippen molar-refractivity contribution >= 4 is 39.2 Å². The number of nitrogens with zero attached hydrogens (tertiary/aromatic N) is 3. The van der Waals surface area contributed by atoms with Gasteiger partial charge >= 0.3 is 0 Å². The molecule has 0 radical (unpaired) electrons. The Morgan fingerprint density at radius 1 is 1.04 bits per heavy atom. The summed E-state index contributed by atoms with van der Waals surface area (Å²) in [6.45, 7) is 0.377. The Bertz CT molecular complexity index is 1030. The van der Waals surface area contributed by atoms with Crippen molar-refractivity contribution in [2.75, 3.05) is 5.75 Å². The third-order valence-electron chi connectivity index (χ3n) is 3.86. The number of thiazole rings is 1. The fraction of sp³-hybridized carbons (Fsp3) is 0.100. The van der Waals surface area contributed by atoms with Crippen LogP contribution in [0.3, 0.4) is 0 Å². The number of nitrogens with one attached hydrogen (secondary N) is 1. The van der Waals surface area contributed by atoms with Gasteiger partial charge in [0, 0.05) is 5.56 Å². The topological polar surface area (TPSA) is 67.8 Å². The number of thioether (sulfide) groups is 1. The van der Waals surface area contributed by atoms with E-state index in [-0.39, 0.29) is 5.91 Å². The van der Waals surface area contributed by atoms with Gasteiger partial charge in [-0.05, 0) is 18.2 Å². The summed E-state index contributed by atoms with van der Waals surface area (Å²) in [7, 11) is 0. The quantitative estimate of drug-likeness (QED) is 0.499. The zero-order valence-corrected chi connectivity index (χ0v) is 16.0. The summed E-state index contributed by atoms with van der Waals surface area (Å²) in [5.41, 5.74) is 3.62. The van der Waals surface area contributed by atoms with E-state index in [4.69, 9.17) is 0 Å². The molecule has 0 bridgehead atoms. The zero-order chi connectivity index (χ0) is 18.5. The van der Waals surface area contributed by atoms with Crippen LogP contribution in [-0.4, -0.2) is 26.6 Å². The third kappa shape index (κ3) is 4.50. The lowest BCUT2D eigenvalue weighted by Gasteiger charge is -2.06. The second-order valence-corrected chi connectivity index (χ2v) is 8.03. The van der Waals surface area contributed by atoms with Gasteiger partial charge in [-0.15, -0.1) is 11.3 Å². The summed E-state index contributed by atoms with van der Waals surface area (Å²) in [4.78, 5) is 25.2. The van der Waals surface area contributed by atoms with E-state index >= 15 is 0 Å². The van der Waals surface area contributed by atoms with Crippen LogP contribution < -0.4 is 5.32 Å². The molecule has 0 unspecified atom stereocenters. The molecule has 4 rings (SSSR count). The minimum absolute atomic E-state index is 0.0425. The second kappa shape index (κ2) is 8.28. The largest absolute Gasteiger partial charge is 0.350 e. The molecule has 0 aliphatic rings. The predicted molar refractivity (Wildman–Crippen MR) is 110 cm³/mol. The van der Waals surface area contributed by atoms with Crippen LogP contribution in [0.4, 0.5) is 0 Å². The van der Waals surface area contributed by atoms with E-state index in [9.17, 15) is 4.79 Å². The number of carbonyl (C=O) groups is 1. The first kappa shape index (κ1) is 17.6. The first-order valence-corrected chi connectivity index (χ1v) is 10.2. The molecule has 0 fully saturated rings. The Morgan fingerprint density at radius 2 is 1.85 bits per heavy atom. The van der Waals surface area contributed by atoms with Gasteiger partial charge in [-0.1, -0.05) is 54.2 Å². The lowest BCUT2D eigenvalue weighted by atomic mass is 10.1. The van der Waals surface area contributed by atoms with E-state index in [1.165, 1.54) is 18.1 Å². The summed E-state index contributed by atoms with van der Waals surface area (Å²) >= 11 is 3.06. The van der Waals surface area contributed by atoms with E-state index in [2.05, 4.69) is 20.3 Å². The van der Waals surface area contributed by atoms with E-state index in [1.807, 2.05) is 60.7 Å². The lowest BCUT2D eigenvalue weighted by molar-refractivity contribution is -0.118. The Labute approximate surface area is 164 Å². The van der Waals surface area contributed by atoms with E-state index in [0.717, 1.165) is 31.5 Å².